The Kier molecular flexibility index (Phi) is 5.92. The molecule has 1 aromatic carbocycles. The van der Waals surface area contributed by atoms with E-state index in [-0.39, 0.29) is 22.8 Å². The first-order valence-electron chi connectivity index (χ1n) is 9.23. The molecule has 1 amide bonds. The first-order chi connectivity index (χ1) is 12.8. The fourth-order valence-electron chi connectivity index (χ4n) is 2.94. The second-order valence-corrected chi connectivity index (χ2v) is 9.11. The van der Waals surface area contributed by atoms with Gasteiger partial charge in [-0.3, -0.25) is 4.79 Å². The Morgan fingerprint density at radius 2 is 1.89 bits per heavy atom. The molecular formula is C18H27N3O5S. The van der Waals surface area contributed by atoms with E-state index in [1.165, 1.54) is 12.1 Å². The maximum atomic E-state index is 12.8. The summed E-state index contributed by atoms with van der Waals surface area (Å²) in [6.45, 7) is 4.71. The Labute approximate surface area is 159 Å². The van der Waals surface area contributed by atoms with E-state index in [9.17, 15) is 13.2 Å². The van der Waals surface area contributed by atoms with Crippen molar-refractivity contribution in [3.63, 3.8) is 0 Å². The zero-order chi connectivity index (χ0) is 19.6. The van der Waals surface area contributed by atoms with Gasteiger partial charge in [0, 0.05) is 18.7 Å². The summed E-state index contributed by atoms with van der Waals surface area (Å²) >= 11 is 0. The molecule has 1 heterocycles. The van der Waals surface area contributed by atoms with E-state index < -0.39 is 16.1 Å². The number of rotatable bonds is 8. The minimum Gasteiger partial charge on any atom is -0.486 e. The van der Waals surface area contributed by atoms with Crippen LogP contribution in [0.2, 0.25) is 0 Å². The average molecular weight is 397 g/mol. The molecule has 1 aliphatic heterocycles. The minimum absolute atomic E-state index is 0.0277. The van der Waals surface area contributed by atoms with Gasteiger partial charge >= 0.3 is 0 Å². The van der Waals surface area contributed by atoms with Crippen molar-refractivity contribution in [1.29, 1.82) is 0 Å². The third-order valence-electron chi connectivity index (χ3n) is 4.79. The first kappa shape index (κ1) is 19.9. The topological polar surface area (TPSA) is 120 Å². The number of benzene rings is 1. The molecule has 2 unspecified atom stereocenters. The molecule has 9 heteroatoms. The van der Waals surface area contributed by atoms with Gasteiger partial charge in [0.25, 0.3) is 0 Å². The van der Waals surface area contributed by atoms with Gasteiger partial charge in [0.1, 0.15) is 19.3 Å². The summed E-state index contributed by atoms with van der Waals surface area (Å²) < 4.78 is 38.9. The quantitative estimate of drug-likeness (QED) is 0.591. The van der Waals surface area contributed by atoms with Crippen LogP contribution in [0, 0.1) is 11.8 Å². The average Bonchev–Trinajstić information content (AvgIpc) is 3.48. The molecule has 1 saturated carbocycles. The Bertz CT molecular complexity index is 792. The summed E-state index contributed by atoms with van der Waals surface area (Å²) in [6.07, 6.45) is 2.17. The van der Waals surface area contributed by atoms with Crippen LogP contribution in [0.15, 0.2) is 23.1 Å². The van der Waals surface area contributed by atoms with Crippen molar-refractivity contribution in [2.24, 2.45) is 17.6 Å². The fourth-order valence-corrected chi connectivity index (χ4v) is 4.30. The molecule has 0 saturated heterocycles. The zero-order valence-corrected chi connectivity index (χ0v) is 16.4. The van der Waals surface area contributed by atoms with Crippen LogP contribution in [0.3, 0.4) is 0 Å². The number of amides is 1. The van der Waals surface area contributed by atoms with Crippen molar-refractivity contribution < 1.29 is 22.7 Å². The summed E-state index contributed by atoms with van der Waals surface area (Å²) in [5.41, 5.74) is 6.01. The monoisotopic (exact) mass is 397 g/mol. The molecule has 2 aliphatic rings. The highest BCUT2D eigenvalue weighted by Gasteiger charge is 2.32. The van der Waals surface area contributed by atoms with Gasteiger partial charge in [-0.05, 0) is 36.8 Å². The van der Waals surface area contributed by atoms with Gasteiger partial charge in [-0.15, -0.1) is 0 Å². The third-order valence-corrected chi connectivity index (χ3v) is 6.23. The largest absolute Gasteiger partial charge is 0.486 e. The van der Waals surface area contributed by atoms with Gasteiger partial charge in [0.15, 0.2) is 11.5 Å². The predicted molar refractivity (Wildman–Crippen MR) is 100 cm³/mol. The highest BCUT2D eigenvalue weighted by atomic mass is 32.2. The van der Waals surface area contributed by atoms with E-state index in [1.54, 1.807) is 19.9 Å². The number of nitrogens with two attached hydrogens (primary N) is 1. The molecule has 27 heavy (non-hydrogen) atoms. The van der Waals surface area contributed by atoms with Crippen molar-refractivity contribution >= 4 is 15.9 Å². The summed E-state index contributed by atoms with van der Waals surface area (Å²) in [4.78, 5) is 12.6. The lowest BCUT2D eigenvalue weighted by Gasteiger charge is -2.23. The highest BCUT2D eigenvalue weighted by Crippen LogP contribution is 2.32. The van der Waals surface area contributed by atoms with Gasteiger partial charge in [-0.1, -0.05) is 13.8 Å². The van der Waals surface area contributed by atoms with E-state index in [0.717, 1.165) is 12.8 Å². The Morgan fingerprint density at radius 1 is 1.22 bits per heavy atom. The second-order valence-electron chi connectivity index (χ2n) is 7.39. The van der Waals surface area contributed by atoms with E-state index in [1.807, 2.05) is 0 Å². The van der Waals surface area contributed by atoms with E-state index in [0.29, 0.717) is 37.2 Å². The van der Waals surface area contributed by atoms with Gasteiger partial charge in [0.2, 0.25) is 15.9 Å². The van der Waals surface area contributed by atoms with Crippen LogP contribution >= 0.6 is 0 Å². The molecule has 3 rings (SSSR count). The number of fused-ring (bicyclic) bond motifs is 1. The fraction of sp³-hybridized carbons (Fsp3) is 0.611. The SMILES string of the molecule is CC(C)C(NS(=O)(=O)c1ccc2c(c1)OCCO2)C(=O)NCC(N)C1CC1. The van der Waals surface area contributed by atoms with Crippen molar-refractivity contribution in [2.45, 2.75) is 43.7 Å². The van der Waals surface area contributed by atoms with Crippen molar-refractivity contribution in [2.75, 3.05) is 19.8 Å². The van der Waals surface area contributed by atoms with Crippen LogP contribution in [-0.4, -0.2) is 46.2 Å². The van der Waals surface area contributed by atoms with Crippen molar-refractivity contribution in [3.05, 3.63) is 18.2 Å². The van der Waals surface area contributed by atoms with Crippen LogP contribution < -0.4 is 25.2 Å². The van der Waals surface area contributed by atoms with Crippen molar-refractivity contribution in [1.82, 2.24) is 10.0 Å². The van der Waals surface area contributed by atoms with Crippen LogP contribution in [0.5, 0.6) is 11.5 Å². The van der Waals surface area contributed by atoms with Gasteiger partial charge in [-0.2, -0.15) is 4.72 Å². The molecule has 0 bridgehead atoms. The number of hydrogen-bond donors (Lipinski definition) is 3. The summed E-state index contributed by atoms with van der Waals surface area (Å²) in [7, 11) is -3.90. The summed E-state index contributed by atoms with van der Waals surface area (Å²) in [5.74, 6) is 0.742. The molecular weight excluding hydrogens is 370 g/mol. The highest BCUT2D eigenvalue weighted by molar-refractivity contribution is 7.89. The first-order valence-corrected chi connectivity index (χ1v) is 10.7. The molecule has 0 radical (unpaired) electrons. The number of hydrogen-bond acceptors (Lipinski definition) is 6. The number of carbonyl (C=O) groups excluding carboxylic acids is 1. The number of nitrogens with one attached hydrogen (secondary N) is 2. The molecule has 4 N–H and O–H groups in total. The van der Waals surface area contributed by atoms with Crippen LogP contribution in [0.1, 0.15) is 26.7 Å². The maximum absolute atomic E-state index is 12.8. The normalized spacial score (nSPS) is 18.8. The van der Waals surface area contributed by atoms with E-state index in [4.69, 9.17) is 15.2 Å². The lowest BCUT2D eigenvalue weighted by Crippen LogP contribution is -2.51. The Morgan fingerprint density at radius 3 is 2.52 bits per heavy atom. The lowest BCUT2D eigenvalue weighted by molar-refractivity contribution is -0.123. The molecule has 1 aliphatic carbocycles. The van der Waals surface area contributed by atoms with E-state index >= 15 is 0 Å². The zero-order valence-electron chi connectivity index (χ0n) is 15.6. The van der Waals surface area contributed by atoms with Crippen LogP contribution in [0.4, 0.5) is 0 Å². The number of ether oxygens (including phenoxy) is 2. The molecule has 1 aromatic rings. The van der Waals surface area contributed by atoms with Gasteiger partial charge in [0.05, 0.1) is 4.90 Å². The van der Waals surface area contributed by atoms with Gasteiger partial charge in [-0.25, -0.2) is 8.42 Å². The molecule has 8 nitrogen and oxygen atoms in total. The second kappa shape index (κ2) is 8.04. The number of sulfonamides is 1. The Balaban J connectivity index is 1.69. The third kappa shape index (κ3) is 4.91. The standard InChI is InChI=1S/C18H27N3O5S/c1-11(2)17(18(22)20-10-14(19)12-3-4-12)21-27(23,24)13-5-6-15-16(9-13)26-8-7-25-15/h5-6,9,11-12,14,17,21H,3-4,7-8,10,19H2,1-2H3,(H,20,22). The minimum atomic E-state index is -3.90. The van der Waals surface area contributed by atoms with Gasteiger partial charge < -0.3 is 20.5 Å². The van der Waals surface area contributed by atoms with E-state index in [2.05, 4.69) is 10.0 Å². The smallest absolute Gasteiger partial charge is 0.241 e. The molecule has 0 spiro atoms. The van der Waals surface area contributed by atoms with Crippen molar-refractivity contribution in [3.8, 4) is 11.5 Å². The number of carbonyl (C=O) groups is 1. The molecule has 2 atom stereocenters. The lowest BCUT2D eigenvalue weighted by atomic mass is 10.0. The Hall–Kier alpha value is -1.84. The van der Waals surface area contributed by atoms with Crippen LogP contribution in [0.25, 0.3) is 0 Å². The molecule has 0 aromatic heterocycles. The maximum Gasteiger partial charge on any atom is 0.241 e. The van der Waals surface area contributed by atoms with Crippen LogP contribution in [-0.2, 0) is 14.8 Å². The molecule has 1 fully saturated rings. The summed E-state index contributed by atoms with van der Waals surface area (Å²) in [6, 6.07) is 3.43. The molecule has 150 valence electrons. The summed E-state index contributed by atoms with van der Waals surface area (Å²) in [5, 5.41) is 2.77. The predicted octanol–water partition coefficient (Wildman–Crippen LogP) is 0.614.